The minimum atomic E-state index is -0.481. The number of likely N-dealkylation sites (N-methyl/N-ethyl adjacent to an activating group) is 1. The maximum absolute atomic E-state index is 13.6. The van der Waals surface area contributed by atoms with Gasteiger partial charge in [-0.25, -0.2) is 4.39 Å². The molecular weight excluding hydrogens is 485 g/mol. The lowest BCUT2D eigenvalue weighted by molar-refractivity contribution is -0.117. The van der Waals surface area contributed by atoms with Gasteiger partial charge in [-0.1, -0.05) is 12.1 Å². The normalized spacial score (nSPS) is 15.9. The van der Waals surface area contributed by atoms with Gasteiger partial charge in [0.15, 0.2) is 0 Å². The van der Waals surface area contributed by atoms with Gasteiger partial charge in [0, 0.05) is 25.2 Å². The molecule has 0 aliphatic carbocycles. The van der Waals surface area contributed by atoms with E-state index in [1.165, 1.54) is 24.3 Å². The highest BCUT2D eigenvalue weighted by molar-refractivity contribution is 5.95. The minimum absolute atomic E-state index is 0.00911. The van der Waals surface area contributed by atoms with E-state index in [1.54, 1.807) is 59.8 Å². The number of carbonyl (C=O) groups excluding carboxylic acids is 2. The molecule has 1 aliphatic heterocycles. The summed E-state index contributed by atoms with van der Waals surface area (Å²) < 4.78 is 15.0. The van der Waals surface area contributed by atoms with Crippen LogP contribution in [0.3, 0.4) is 0 Å². The molecule has 2 unspecified atom stereocenters. The second-order valence-electron chi connectivity index (χ2n) is 9.50. The van der Waals surface area contributed by atoms with Crippen LogP contribution in [0.25, 0.3) is 11.3 Å². The monoisotopic (exact) mass is 515 g/mol. The summed E-state index contributed by atoms with van der Waals surface area (Å²) in [7, 11) is 1.67. The molecule has 2 aromatic carbocycles. The highest BCUT2D eigenvalue weighted by Crippen LogP contribution is 2.25. The van der Waals surface area contributed by atoms with E-state index in [0.717, 1.165) is 18.4 Å². The number of anilines is 1. The lowest BCUT2D eigenvalue weighted by Gasteiger charge is -2.33. The number of nitrogens with one attached hydrogen (secondary N) is 2. The summed E-state index contributed by atoms with van der Waals surface area (Å²) in [4.78, 5) is 40.9. The van der Waals surface area contributed by atoms with Crippen LogP contribution in [0, 0.1) is 23.1 Å². The van der Waals surface area contributed by atoms with Crippen LogP contribution in [0.1, 0.15) is 35.7 Å². The van der Waals surface area contributed by atoms with E-state index < -0.39 is 11.9 Å². The Morgan fingerprint density at radius 1 is 1.11 bits per heavy atom. The molecule has 9 heteroatoms. The number of aromatic nitrogens is 1. The number of rotatable bonds is 7. The Balaban J connectivity index is 1.64. The third-order valence-corrected chi connectivity index (χ3v) is 6.91. The van der Waals surface area contributed by atoms with Crippen molar-refractivity contribution in [2.45, 2.75) is 32.4 Å². The SMILES string of the molecule is CNC(C)C(=O)Nc1ccc(-c2ccc(C#N)cc2)n(CC2CCCN(C(=O)c3ccc(F)cc3)C2)c1=O. The van der Waals surface area contributed by atoms with Gasteiger partial charge in [0.1, 0.15) is 11.5 Å². The zero-order valence-electron chi connectivity index (χ0n) is 21.4. The molecule has 3 aromatic rings. The first-order valence-electron chi connectivity index (χ1n) is 12.6. The maximum atomic E-state index is 13.6. The fraction of sp³-hybridized carbons (Fsp3) is 0.310. The second kappa shape index (κ2) is 11.8. The van der Waals surface area contributed by atoms with Gasteiger partial charge in [0.05, 0.1) is 23.4 Å². The average Bonchev–Trinajstić information content (AvgIpc) is 2.95. The summed E-state index contributed by atoms with van der Waals surface area (Å²) >= 11 is 0. The van der Waals surface area contributed by atoms with E-state index in [4.69, 9.17) is 5.26 Å². The van der Waals surface area contributed by atoms with Crippen molar-refractivity contribution in [3.63, 3.8) is 0 Å². The van der Waals surface area contributed by atoms with E-state index in [-0.39, 0.29) is 29.0 Å². The first-order valence-corrected chi connectivity index (χ1v) is 12.6. The van der Waals surface area contributed by atoms with Crippen molar-refractivity contribution in [1.82, 2.24) is 14.8 Å². The lowest BCUT2D eigenvalue weighted by atomic mass is 9.96. The molecule has 196 valence electrons. The highest BCUT2D eigenvalue weighted by atomic mass is 19.1. The standard InChI is InChI=1S/C29H30FN5O3/c1-19(32-2)27(36)33-25-13-14-26(22-7-5-20(16-31)6-8-22)35(29(25)38)18-21-4-3-15-34(17-21)28(37)23-9-11-24(30)12-10-23/h5-14,19,21,32H,3-4,15,17-18H2,1-2H3,(H,33,36). The van der Waals surface area contributed by atoms with Crippen LogP contribution in [0.15, 0.2) is 65.5 Å². The Morgan fingerprint density at radius 2 is 1.82 bits per heavy atom. The summed E-state index contributed by atoms with van der Waals surface area (Å²) in [6.07, 6.45) is 1.59. The predicted molar refractivity (Wildman–Crippen MR) is 143 cm³/mol. The molecule has 2 N–H and O–H groups in total. The van der Waals surface area contributed by atoms with Gasteiger partial charge in [-0.3, -0.25) is 14.4 Å². The number of likely N-dealkylation sites (tertiary alicyclic amines) is 1. The second-order valence-corrected chi connectivity index (χ2v) is 9.50. The van der Waals surface area contributed by atoms with E-state index in [9.17, 15) is 18.8 Å². The van der Waals surface area contributed by atoms with Crippen LogP contribution < -0.4 is 16.2 Å². The molecule has 1 aliphatic rings. The quantitative estimate of drug-likeness (QED) is 0.500. The van der Waals surface area contributed by atoms with Gasteiger partial charge in [-0.2, -0.15) is 5.26 Å². The third kappa shape index (κ3) is 5.98. The van der Waals surface area contributed by atoms with Crippen molar-refractivity contribution in [1.29, 1.82) is 5.26 Å². The average molecular weight is 516 g/mol. The van der Waals surface area contributed by atoms with Gasteiger partial charge in [-0.05, 0) is 86.8 Å². The lowest BCUT2D eigenvalue weighted by Crippen LogP contribution is -2.42. The summed E-state index contributed by atoms with van der Waals surface area (Å²) in [5, 5.41) is 14.7. The minimum Gasteiger partial charge on any atom is -0.338 e. The Labute approximate surface area is 220 Å². The van der Waals surface area contributed by atoms with Gasteiger partial charge in [0.2, 0.25) is 5.91 Å². The predicted octanol–water partition coefficient (Wildman–Crippen LogP) is 3.62. The van der Waals surface area contributed by atoms with Crippen molar-refractivity contribution < 1.29 is 14.0 Å². The zero-order valence-corrected chi connectivity index (χ0v) is 21.4. The van der Waals surface area contributed by atoms with E-state index >= 15 is 0 Å². The molecule has 0 saturated carbocycles. The van der Waals surface area contributed by atoms with E-state index in [0.29, 0.717) is 36.5 Å². The van der Waals surface area contributed by atoms with Crippen LogP contribution in [0.2, 0.25) is 0 Å². The number of amides is 2. The molecule has 1 saturated heterocycles. The van der Waals surface area contributed by atoms with Crippen molar-refractivity contribution in [3.05, 3.63) is 88.0 Å². The Bertz CT molecular complexity index is 1410. The van der Waals surface area contributed by atoms with Crippen LogP contribution in [0.5, 0.6) is 0 Å². The van der Waals surface area contributed by atoms with Crippen LogP contribution in [-0.2, 0) is 11.3 Å². The number of nitriles is 1. The Morgan fingerprint density at radius 3 is 2.47 bits per heavy atom. The van der Waals surface area contributed by atoms with E-state index in [2.05, 4.69) is 16.7 Å². The highest BCUT2D eigenvalue weighted by Gasteiger charge is 2.26. The molecule has 1 fully saturated rings. The van der Waals surface area contributed by atoms with Gasteiger partial charge < -0.3 is 20.1 Å². The first-order chi connectivity index (χ1) is 18.3. The number of halogens is 1. The molecule has 4 rings (SSSR count). The largest absolute Gasteiger partial charge is 0.338 e. The number of hydrogen-bond acceptors (Lipinski definition) is 5. The number of benzene rings is 2. The van der Waals surface area contributed by atoms with Crippen molar-refractivity contribution in [3.8, 4) is 17.3 Å². The third-order valence-electron chi connectivity index (χ3n) is 6.91. The van der Waals surface area contributed by atoms with E-state index in [1.807, 2.05) is 0 Å². The van der Waals surface area contributed by atoms with Crippen molar-refractivity contribution >= 4 is 17.5 Å². The molecule has 0 radical (unpaired) electrons. The molecular formula is C29H30FN5O3. The molecule has 2 heterocycles. The van der Waals surface area contributed by atoms with Gasteiger partial charge in [0.25, 0.3) is 11.5 Å². The number of nitrogens with zero attached hydrogens (tertiary/aromatic N) is 3. The van der Waals surface area contributed by atoms with Crippen molar-refractivity contribution in [2.75, 3.05) is 25.5 Å². The summed E-state index contributed by atoms with van der Waals surface area (Å²) in [6.45, 7) is 3.07. The topological polar surface area (TPSA) is 107 Å². The van der Waals surface area contributed by atoms with Crippen LogP contribution >= 0.6 is 0 Å². The van der Waals surface area contributed by atoms with Gasteiger partial charge in [-0.15, -0.1) is 0 Å². The maximum Gasteiger partial charge on any atom is 0.274 e. The molecule has 0 bridgehead atoms. The van der Waals surface area contributed by atoms with Crippen molar-refractivity contribution in [2.24, 2.45) is 5.92 Å². The summed E-state index contributed by atoms with van der Waals surface area (Å²) in [5.41, 5.74) is 2.18. The number of piperidine rings is 1. The Hall–Kier alpha value is -4.29. The number of pyridine rings is 1. The molecule has 1 aromatic heterocycles. The fourth-order valence-electron chi connectivity index (χ4n) is 4.63. The molecule has 0 spiro atoms. The number of hydrogen-bond donors (Lipinski definition) is 2. The number of carbonyl (C=O) groups is 2. The summed E-state index contributed by atoms with van der Waals surface area (Å²) in [6, 6.07) is 17.5. The molecule has 2 atom stereocenters. The summed E-state index contributed by atoms with van der Waals surface area (Å²) in [5.74, 6) is -0.901. The molecule has 2 amide bonds. The van der Waals surface area contributed by atoms with Crippen LogP contribution in [0.4, 0.5) is 10.1 Å². The molecule has 8 nitrogen and oxygen atoms in total. The smallest absolute Gasteiger partial charge is 0.274 e. The fourth-order valence-corrected chi connectivity index (χ4v) is 4.63. The van der Waals surface area contributed by atoms with Crippen LogP contribution in [-0.4, -0.2) is 47.5 Å². The Kier molecular flexibility index (Phi) is 8.34. The van der Waals surface area contributed by atoms with Gasteiger partial charge >= 0.3 is 0 Å². The molecule has 38 heavy (non-hydrogen) atoms. The zero-order chi connectivity index (χ0) is 27.2. The first kappa shape index (κ1) is 26.8.